The predicted molar refractivity (Wildman–Crippen MR) is 127 cm³/mol. The van der Waals surface area contributed by atoms with E-state index < -0.39 is 17.4 Å². The summed E-state index contributed by atoms with van der Waals surface area (Å²) < 4.78 is 35.5. The van der Waals surface area contributed by atoms with Crippen molar-refractivity contribution in [3.8, 4) is 5.88 Å². The molecule has 1 aromatic carbocycles. The van der Waals surface area contributed by atoms with Gasteiger partial charge >= 0.3 is 12.6 Å². The Bertz CT molecular complexity index is 1110. The Morgan fingerprint density at radius 3 is 2.43 bits per heavy atom. The van der Waals surface area contributed by atoms with Crippen molar-refractivity contribution in [3.63, 3.8) is 0 Å². The molecule has 2 heterocycles. The van der Waals surface area contributed by atoms with Gasteiger partial charge in [-0.15, -0.1) is 0 Å². The van der Waals surface area contributed by atoms with E-state index in [0.717, 1.165) is 24.0 Å². The summed E-state index contributed by atoms with van der Waals surface area (Å²) in [5, 5.41) is 2.81. The molecule has 188 valence electrons. The second kappa shape index (κ2) is 9.53. The number of rotatable bonds is 9. The molecule has 0 spiro atoms. The largest absolute Gasteiger partial charge is 0.469 e. The van der Waals surface area contributed by atoms with Crippen LogP contribution in [0, 0.1) is 12.3 Å². The molecule has 7 nitrogen and oxygen atoms in total. The monoisotopic (exact) mass is 487 g/mol. The Morgan fingerprint density at radius 2 is 1.83 bits per heavy atom. The zero-order valence-electron chi connectivity index (χ0n) is 20.4. The van der Waals surface area contributed by atoms with Gasteiger partial charge in [-0.3, -0.25) is 14.5 Å². The standard InChI is InChI=1S/C26H31F2N3O4/c1-16(2)18-7-5-6-8-19(18)26(14-31(15-26)13-25(11-12-25)23(33)34-4)22(32)30-20-10-9-17(3)29-21(20)35-24(27)28/h5-10,16,24H,11-15H2,1-4H3,(H,30,32). The number of hydrogen-bond donors (Lipinski definition) is 1. The van der Waals surface area contributed by atoms with Crippen molar-refractivity contribution in [2.75, 3.05) is 32.1 Å². The number of pyridine rings is 1. The number of carbonyl (C=O) groups is 2. The van der Waals surface area contributed by atoms with Gasteiger partial charge < -0.3 is 14.8 Å². The first-order valence-electron chi connectivity index (χ1n) is 11.7. The van der Waals surface area contributed by atoms with Gasteiger partial charge in [-0.1, -0.05) is 38.1 Å². The van der Waals surface area contributed by atoms with Crippen LogP contribution >= 0.6 is 0 Å². The highest BCUT2D eigenvalue weighted by Gasteiger charge is 2.58. The number of nitrogens with zero attached hydrogens (tertiary/aromatic N) is 2. The van der Waals surface area contributed by atoms with E-state index in [9.17, 15) is 18.4 Å². The van der Waals surface area contributed by atoms with Gasteiger partial charge in [-0.2, -0.15) is 8.78 Å². The molecule has 1 aromatic heterocycles. The van der Waals surface area contributed by atoms with Crippen LogP contribution < -0.4 is 10.1 Å². The third-order valence-electron chi connectivity index (χ3n) is 6.97. The average Bonchev–Trinajstić information content (AvgIpc) is 3.57. The van der Waals surface area contributed by atoms with Crippen LogP contribution in [-0.4, -0.2) is 55.1 Å². The van der Waals surface area contributed by atoms with Crippen LogP contribution in [0.5, 0.6) is 5.88 Å². The van der Waals surface area contributed by atoms with E-state index in [1.807, 2.05) is 24.3 Å². The normalized spacial score (nSPS) is 18.2. The number of anilines is 1. The molecule has 4 rings (SSSR count). The summed E-state index contributed by atoms with van der Waals surface area (Å²) in [5.41, 5.74) is 1.10. The lowest BCUT2D eigenvalue weighted by atomic mass is 9.69. The highest BCUT2D eigenvalue weighted by atomic mass is 19.3. The maximum Gasteiger partial charge on any atom is 0.388 e. The smallest absolute Gasteiger partial charge is 0.388 e. The summed E-state index contributed by atoms with van der Waals surface area (Å²) in [6.07, 6.45) is 1.53. The van der Waals surface area contributed by atoms with Gasteiger partial charge in [0.1, 0.15) is 5.69 Å². The topological polar surface area (TPSA) is 80.8 Å². The van der Waals surface area contributed by atoms with Gasteiger partial charge in [0.05, 0.1) is 17.9 Å². The molecule has 1 saturated carbocycles. The van der Waals surface area contributed by atoms with Gasteiger partial charge in [0.15, 0.2) is 0 Å². The number of esters is 1. The zero-order chi connectivity index (χ0) is 25.4. The second-order valence-electron chi connectivity index (χ2n) is 9.88. The molecule has 1 amide bonds. The number of amides is 1. The van der Waals surface area contributed by atoms with Crippen molar-refractivity contribution < 1.29 is 27.8 Å². The van der Waals surface area contributed by atoms with Crippen LogP contribution in [0.3, 0.4) is 0 Å². The van der Waals surface area contributed by atoms with Crippen molar-refractivity contribution in [1.82, 2.24) is 9.88 Å². The fourth-order valence-electron chi connectivity index (χ4n) is 4.97. The molecule has 1 N–H and O–H groups in total. The molecular formula is C26H31F2N3O4. The SMILES string of the molecule is COC(=O)C1(CN2CC(C(=O)Nc3ccc(C)nc3OC(F)F)(c3ccccc3C(C)C)C2)CC1. The summed E-state index contributed by atoms with van der Waals surface area (Å²) in [6.45, 7) is 4.03. The Kier molecular flexibility index (Phi) is 6.81. The third-order valence-corrected chi connectivity index (χ3v) is 6.97. The Balaban J connectivity index is 1.64. The van der Waals surface area contributed by atoms with Crippen molar-refractivity contribution >= 4 is 17.6 Å². The van der Waals surface area contributed by atoms with E-state index in [2.05, 4.69) is 33.8 Å². The predicted octanol–water partition coefficient (Wildman–Crippen LogP) is 4.26. The molecule has 1 aliphatic heterocycles. The number of hydrogen-bond acceptors (Lipinski definition) is 6. The molecule has 0 atom stereocenters. The molecule has 0 radical (unpaired) electrons. The Morgan fingerprint density at radius 1 is 1.14 bits per heavy atom. The fraction of sp³-hybridized carbons (Fsp3) is 0.500. The number of likely N-dealkylation sites (tertiary alicyclic amines) is 1. The molecule has 0 bridgehead atoms. The Hall–Kier alpha value is -3.07. The van der Waals surface area contributed by atoms with Crippen molar-refractivity contribution in [2.24, 2.45) is 5.41 Å². The molecule has 2 aliphatic rings. The zero-order valence-corrected chi connectivity index (χ0v) is 20.4. The molecular weight excluding hydrogens is 456 g/mol. The summed E-state index contributed by atoms with van der Waals surface area (Å²) in [5.74, 6) is -0.691. The van der Waals surface area contributed by atoms with Crippen molar-refractivity contribution in [1.29, 1.82) is 0 Å². The van der Waals surface area contributed by atoms with Crippen LogP contribution in [0.15, 0.2) is 36.4 Å². The average molecular weight is 488 g/mol. The van der Waals surface area contributed by atoms with Crippen LogP contribution in [0.4, 0.5) is 14.5 Å². The molecule has 9 heteroatoms. The first-order valence-corrected chi connectivity index (χ1v) is 11.7. The maximum atomic E-state index is 13.8. The van der Waals surface area contributed by atoms with Crippen molar-refractivity contribution in [3.05, 3.63) is 53.2 Å². The van der Waals surface area contributed by atoms with Gasteiger partial charge in [0.25, 0.3) is 0 Å². The van der Waals surface area contributed by atoms with E-state index in [4.69, 9.17) is 4.74 Å². The van der Waals surface area contributed by atoms with Crippen molar-refractivity contribution in [2.45, 2.75) is 51.6 Å². The number of alkyl halides is 2. The number of ether oxygens (including phenoxy) is 2. The lowest BCUT2D eigenvalue weighted by Gasteiger charge is -2.51. The fourth-order valence-corrected chi connectivity index (χ4v) is 4.97. The molecule has 2 aromatic rings. The minimum absolute atomic E-state index is 0.0916. The Labute approximate surface area is 203 Å². The van der Waals surface area contributed by atoms with E-state index in [-0.39, 0.29) is 29.4 Å². The number of halogens is 2. The molecule has 1 aliphatic carbocycles. The summed E-state index contributed by atoms with van der Waals surface area (Å²) in [4.78, 5) is 32.2. The third kappa shape index (κ3) is 4.87. The first-order chi connectivity index (χ1) is 16.6. The number of aryl methyl sites for hydroxylation is 1. The number of nitrogens with one attached hydrogen (secondary N) is 1. The van der Waals surface area contributed by atoms with E-state index in [1.165, 1.54) is 13.2 Å². The number of benzene rings is 1. The maximum absolute atomic E-state index is 13.8. The van der Waals surface area contributed by atoms with E-state index in [1.54, 1.807) is 13.0 Å². The number of aromatic nitrogens is 1. The number of carbonyl (C=O) groups excluding carboxylic acids is 2. The van der Waals surface area contributed by atoms with Gasteiger partial charge in [0, 0.05) is 25.3 Å². The highest BCUT2D eigenvalue weighted by molar-refractivity contribution is 6.01. The molecule has 1 saturated heterocycles. The minimum Gasteiger partial charge on any atom is -0.469 e. The number of methoxy groups -OCH3 is 1. The van der Waals surface area contributed by atoms with Gasteiger partial charge in [-0.25, -0.2) is 4.98 Å². The molecule has 2 fully saturated rings. The quantitative estimate of drug-likeness (QED) is 0.533. The highest BCUT2D eigenvalue weighted by Crippen LogP contribution is 2.50. The van der Waals surface area contributed by atoms with Crippen LogP contribution in [0.2, 0.25) is 0 Å². The summed E-state index contributed by atoms with van der Waals surface area (Å²) in [7, 11) is 1.39. The second-order valence-corrected chi connectivity index (χ2v) is 9.88. The summed E-state index contributed by atoms with van der Waals surface area (Å²) >= 11 is 0. The van der Waals surface area contributed by atoms with Gasteiger partial charge in [-0.05, 0) is 48.9 Å². The first kappa shape index (κ1) is 25.0. The van der Waals surface area contributed by atoms with E-state index >= 15 is 0 Å². The van der Waals surface area contributed by atoms with Gasteiger partial charge in [0.2, 0.25) is 11.8 Å². The molecule has 35 heavy (non-hydrogen) atoms. The van der Waals surface area contributed by atoms with Crippen LogP contribution in [0.1, 0.15) is 49.4 Å². The lowest BCUT2D eigenvalue weighted by Crippen LogP contribution is -2.66. The van der Waals surface area contributed by atoms with Crippen LogP contribution in [-0.2, 0) is 19.7 Å². The summed E-state index contributed by atoms with van der Waals surface area (Å²) in [6, 6.07) is 10.9. The molecule has 0 unspecified atom stereocenters. The van der Waals surface area contributed by atoms with E-state index in [0.29, 0.717) is 25.3 Å². The minimum atomic E-state index is -3.07. The van der Waals surface area contributed by atoms with Crippen LogP contribution in [0.25, 0.3) is 0 Å². The lowest BCUT2D eigenvalue weighted by molar-refractivity contribution is -0.149.